The summed E-state index contributed by atoms with van der Waals surface area (Å²) in [6.45, 7) is 5.81. The first kappa shape index (κ1) is 27.4. The van der Waals surface area contributed by atoms with Crippen molar-refractivity contribution in [1.29, 1.82) is 0 Å². The molecule has 10 nitrogen and oxygen atoms in total. The van der Waals surface area contributed by atoms with Crippen molar-refractivity contribution >= 4 is 16.1 Å². The Bertz CT molecular complexity index is 1260. The third-order valence-corrected chi connectivity index (χ3v) is 7.33. The normalized spacial score (nSPS) is 24.6. The van der Waals surface area contributed by atoms with Gasteiger partial charge in [0, 0.05) is 30.8 Å². The summed E-state index contributed by atoms with van der Waals surface area (Å²) >= 11 is 0. The largest absolute Gasteiger partial charge is 0.444 e. The van der Waals surface area contributed by atoms with Crippen LogP contribution in [-0.2, 0) is 30.8 Å². The molecule has 0 aliphatic carbocycles. The zero-order valence-electron chi connectivity index (χ0n) is 21.4. The van der Waals surface area contributed by atoms with Gasteiger partial charge in [0.25, 0.3) is 10.0 Å². The van der Waals surface area contributed by atoms with Gasteiger partial charge in [-0.3, -0.25) is 4.90 Å². The van der Waals surface area contributed by atoms with Gasteiger partial charge in [-0.2, -0.15) is 9.19 Å². The second-order valence-electron chi connectivity index (χ2n) is 10.4. The molecule has 0 spiro atoms. The molecule has 4 atom stereocenters. The van der Waals surface area contributed by atoms with Crippen LogP contribution in [0.25, 0.3) is 0 Å². The number of carbonyl (C=O) groups is 1. The molecule has 1 aromatic heterocycles. The number of aromatic nitrogens is 2. The molecular formula is C24H32F2N4O6S. The van der Waals surface area contributed by atoms with Gasteiger partial charge in [-0.25, -0.2) is 22.0 Å². The van der Waals surface area contributed by atoms with Crippen LogP contribution in [0.4, 0.5) is 13.6 Å². The zero-order valence-corrected chi connectivity index (χ0v) is 22.2. The molecule has 13 heteroatoms. The average molecular weight is 543 g/mol. The Morgan fingerprint density at radius 1 is 1.27 bits per heavy atom. The van der Waals surface area contributed by atoms with Gasteiger partial charge in [-0.05, 0) is 45.4 Å². The van der Waals surface area contributed by atoms with Gasteiger partial charge < -0.3 is 19.5 Å². The van der Waals surface area contributed by atoms with Gasteiger partial charge in [0.1, 0.15) is 23.3 Å². The number of carbonyl (C=O) groups excluding carboxylic acids is 1. The van der Waals surface area contributed by atoms with Gasteiger partial charge in [0.2, 0.25) is 0 Å². The van der Waals surface area contributed by atoms with Crippen molar-refractivity contribution in [2.45, 2.75) is 63.6 Å². The second kappa shape index (κ2) is 10.3. The van der Waals surface area contributed by atoms with Crippen LogP contribution in [0.5, 0.6) is 0 Å². The van der Waals surface area contributed by atoms with Gasteiger partial charge in [0.05, 0.1) is 43.4 Å². The lowest BCUT2D eigenvalue weighted by atomic mass is 9.92. The molecule has 3 heterocycles. The highest BCUT2D eigenvalue weighted by Crippen LogP contribution is 2.40. The van der Waals surface area contributed by atoms with Crippen LogP contribution >= 0.6 is 0 Å². The van der Waals surface area contributed by atoms with Crippen LogP contribution in [0.2, 0.25) is 0 Å². The molecule has 1 fully saturated rings. The smallest absolute Gasteiger partial charge is 0.407 e. The molecule has 1 saturated heterocycles. The van der Waals surface area contributed by atoms with Crippen molar-refractivity contribution in [2.24, 2.45) is 0 Å². The Morgan fingerprint density at radius 3 is 2.65 bits per heavy atom. The third kappa shape index (κ3) is 5.95. The number of hydrogen-bond acceptors (Lipinski definition) is 8. The lowest BCUT2D eigenvalue weighted by molar-refractivity contribution is -0.0751. The summed E-state index contributed by atoms with van der Waals surface area (Å²) < 4.78 is 71.1. The highest BCUT2D eigenvalue weighted by atomic mass is 32.2. The van der Waals surface area contributed by atoms with Crippen LogP contribution in [0.3, 0.4) is 0 Å². The number of ether oxygens (including phenoxy) is 3. The van der Waals surface area contributed by atoms with E-state index >= 15 is 0 Å². The monoisotopic (exact) mass is 542 g/mol. The van der Waals surface area contributed by atoms with E-state index in [1.807, 2.05) is 4.90 Å². The fourth-order valence-corrected chi connectivity index (χ4v) is 5.74. The minimum atomic E-state index is -3.62. The molecule has 4 rings (SSSR count). The number of nitrogens with zero attached hydrogens (tertiary/aromatic N) is 3. The molecule has 1 amide bonds. The first-order valence-electron chi connectivity index (χ1n) is 11.9. The van der Waals surface area contributed by atoms with Crippen LogP contribution < -0.4 is 5.32 Å². The molecule has 0 unspecified atom stereocenters. The van der Waals surface area contributed by atoms with Crippen LogP contribution in [0.15, 0.2) is 24.4 Å². The molecule has 2 aliphatic rings. The van der Waals surface area contributed by atoms with Gasteiger partial charge >= 0.3 is 6.09 Å². The van der Waals surface area contributed by atoms with Crippen molar-refractivity contribution in [3.63, 3.8) is 0 Å². The number of nitrogens with one attached hydrogen (secondary N) is 1. The molecule has 2 aromatic rings. The quantitative estimate of drug-likeness (QED) is 0.593. The number of amides is 1. The molecule has 0 saturated carbocycles. The van der Waals surface area contributed by atoms with Gasteiger partial charge in [0.15, 0.2) is 0 Å². The maximum Gasteiger partial charge on any atom is 0.407 e. The number of methoxy groups -OCH3 is 1. The van der Waals surface area contributed by atoms with Crippen LogP contribution in [-0.4, -0.2) is 72.9 Å². The lowest BCUT2D eigenvalue weighted by Gasteiger charge is -2.42. The van der Waals surface area contributed by atoms with Gasteiger partial charge in [-0.15, -0.1) is 0 Å². The summed E-state index contributed by atoms with van der Waals surface area (Å²) in [5.41, 5.74) is 0.475. The second-order valence-corrected chi connectivity index (χ2v) is 12.2. The summed E-state index contributed by atoms with van der Waals surface area (Å²) in [5.74, 6) is -1.28. The maximum atomic E-state index is 14.7. The van der Waals surface area contributed by atoms with Crippen molar-refractivity contribution < 1.29 is 36.2 Å². The molecule has 37 heavy (non-hydrogen) atoms. The summed E-state index contributed by atoms with van der Waals surface area (Å²) in [6.07, 6.45) is 1.23. The van der Waals surface area contributed by atoms with E-state index in [4.69, 9.17) is 14.2 Å². The summed E-state index contributed by atoms with van der Waals surface area (Å²) in [5, 5.41) is 6.82. The highest BCUT2D eigenvalue weighted by molar-refractivity contribution is 7.89. The van der Waals surface area contributed by atoms with Crippen molar-refractivity contribution in [3.05, 3.63) is 52.9 Å². The number of benzene rings is 1. The van der Waals surface area contributed by atoms with Crippen molar-refractivity contribution in [1.82, 2.24) is 19.4 Å². The van der Waals surface area contributed by atoms with Gasteiger partial charge in [-0.1, -0.05) is 0 Å². The van der Waals surface area contributed by atoms with Crippen LogP contribution in [0.1, 0.15) is 56.2 Å². The van der Waals surface area contributed by atoms with Crippen molar-refractivity contribution in [2.75, 3.05) is 26.6 Å². The average Bonchev–Trinajstić information content (AvgIpc) is 3.34. The Labute approximate surface area is 214 Å². The SMILES string of the molecule is COC[C@@H]1c2cnn(S(C)(=O)=O)c2CN1[C@H]1CO[C@H](c2cc(F)ccc2F)[C@@H](NC(=O)OC(C)(C)C)C1. The van der Waals surface area contributed by atoms with E-state index < -0.39 is 45.5 Å². The Kier molecular flexibility index (Phi) is 7.62. The number of alkyl carbamates (subject to hydrolysis) is 1. The van der Waals surface area contributed by atoms with Crippen molar-refractivity contribution in [3.8, 4) is 0 Å². The fourth-order valence-electron chi connectivity index (χ4n) is 4.95. The Balaban J connectivity index is 1.63. The predicted molar refractivity (Wildman–Crippen MR) is 129 cm³/mol. The summed E-state index contributed by atoms with van der Waals surface area (Å²) in [7, 11) is -2.07. The van der Waals surface area contributed by atoms with Crippen LogP contribution in [0, 0.1) is 11.6 Å². The molecule has 204 valence electrons. The molecule has 0 bridgehead atoms. The highest BCUT2D eigenvalue weighted by Gasteiger charge is 2.44. The topological polar surface area (TPSA) is 112 Å². The van der Waals surface area contributed by atoms with E-state index in [2.05, 4.69) is 10.4 Å². The zero-order chi connectivity index (χ0) is 27.1. The maximum absolute atomic E-state index is 14.7. The molecule has 0 radical (unpaired) electrons. The number of fused-ring (bicyclic) bond motifs is 1. The molecule has 1 N–H and O–H groups in total. The fraction of sp³-hybridized carbons (Fsp3) is 0.583. The lowest BCUT2D eigenvalue weighted by Crippen LogP contribution is -2.53. The standard InChI is InChI=1S/C24H32F2N4O6S/c1-24(2,3)36-23(31)28-19-9-15(12-35-22(19)16-8-14(25)6-7-18(16)26)29-11-20-17(21(29)13-34-4)10-27-30(20)37(5,32)33/h6-8,10,15,19,21-22H,9,11-13H2,1-5H3,(H,28,31)/t15-,19+,21-,22-/m1/s1. The number of hydrogen-bond donors (Lipinski definition) is 1. The third-order valence-electron chi connectivity index (χ3n) is 6.39. The minimum Gasteiger partial charge on any atom is -0.444 e. The van der Waals surface area contributed by atoms with E-state index in [0.717, 1.165) is 34.1 Å². The molecule has 2 aliphatic heterocycles. The first-order valence-corrected chi connectivity index (χ1v) is 13.7. The molecule has 1 aromatic carbocycles. The first-order chi connectivity index (χ1) is 17.3. The van der Waals surface area contributed by atoms with E-state index in [1.54, 1.807) is 27.9 Å². The summed E-state index contributed by atoms with van der Waals surface area (Å²) in [6, 6.07) is 1.71. The van der Waals surface area contributed by atoms with E-state index in [-0.39, 0.29) is 37.4 Å². The minimum absolute atomic E-state index is 0.00891. The van der Waals surface area contributed by atoms with E-state index in [1.165, 1.54) is 6.20 Å². The number of halogens is 2. The Hall–Kier alpha value is -2.61. The van der Waals surface area contributed by atoms with E-state index in [0.29, 0.717) is 12.1 Å². The summed E-state index contributed by atoms with van der Waals surface area (Å²) in [4.78, 5) is 14.7. The predicted octanol–water partition coefficient (Wildman–Crippen LogP) is 2.90. The molecular weight excluding hydrogens is 510 g/mol. The number of rotatable bonds is 6. The Morgan fingerprint density at radius 2 is 2.00 bits per heavy atom. The van der Waals surface area contributed by atoms with E-state index in [9.17, 15) is 22.0 Å².